The number of carbonyl (C=O) groups excluding carboxylic acids is 4. The molecule has 1 fully saturated rings. The largest absolute Gasteiger partial charge is 0.506 e. The van der Waals surface area contributed by atoms with Crippen LogP contribution >= 0.6 is 0 Å². The van der Waals surface area contributed by atoms with E-state index in [1.807, 2.05) is 0 Å². The second kappa shape index (κ2) is 7.82. The van der Waals surface area contributed by atoms with Crippen LogP contribution < -0.4 is 0 Å². The van der Waals surface area contributed by atoms with Crippen LogP contribution in [0.15, 0.2) is 23.1 Å². The molecule has 0 radical (unpaired) electrons. The van der Waals surface area contributed by atoms with Crippen LogP contribution in [0.3, 0.4) is 0 Å². The third kappa shape index (κ3) is 4.17. The van der Waals surface area contributed by atoms with Gasteiger partial charge in [-0.1, -0.05) is 0 Å². The van der Waals surface area contributed by atoms with Crippen molar-refractivity contribution in [3.63, 3.8) is 0 Å². The number of aliphatic hydroxyl groups excluding tert-OH is 1. The molecule has 25 heavy (non-hydrogen) atoms. The molecule has 9 nitrogen and oxygen atoms in total. The molecule has 9 heteroatoms. The maximum atomic E-state index is 12.4. The molecule has 2 rings (SSSR count). The molecule has 0 aromatic rings. The summed E-state index contributed by atoms with van der Waals surface area (Å²) in [6.45, 7) is 3.20. The van der Waals surface area contributed by atoms with Crippen LogP contribution in [-0.2, 0) is 28.7 Å². The summed E-state index contributed by atoms with van der Waals surface area (Å²) < 4.78 is 9.58. The van der Waals surface area contributed by atoms with Crippen molar-refractivity contribution in [3.8, 4) is 0 Å². The summed E-state index contributed by atoms with van der Waals surface area (Å²) in [5, 5.41) is 10.0. The molecule has 0 aliphatic carbocycles. The predicted octanol–water partition coefficient (Wildman–Crippen LogP) is -0.117. The van der Waals surface area contributed by atoms with E-state index in [0.29, 0.717) is 5.57 Å². The van der Waals surface area contributed by atoms with Crippen LogP contribution in [0.4, 0.5) is 0 Å². The van der Waals surface area contributed by atoms with E-state index in [-0.39, 0.29) is 56.5 Å². The average Bonchev–Trinajstić information content (AvgIpc) is 3.00. The number of carbonyl (C=O) groups is 4. The first kappa shape index (κ1) is 18.5. The van der Waals surface area contributed by atoms with Crippen molar-refractivity contribution >= 4 is 23.8 Å². The molecule has 2 aliphatic rings. The van der Waals surface area contributed by atoms with E-state index in [0.717, 1.165) is 11.1 Å². The molecule has 2 aliphatic heterocycles. The van der Waals surface area contributed by atoms with Gasteiger partial charge in [-0.2, -0.15) is 0 Å². The molecule has 136 valence electrons. The molecular weight excluding hydrogens is 332 g/mol. The van der Waals surface area contributed by atoms with Crippen molar-refractivity contribution in [2.75, 3.05) is 32.8 Å². The number of aliphatic hydroxyl groups is 1. The maximum Gasteiger partial charge on any atom is 0.326 e. The van der Waals surface area contributed by atoms with Crippen LogP contribution in [0.1, 0.15) is 20.3 Å². The molecule has 0 bridgehead atoms. The number of hydrogen-bond acceptors (Lipinski definition) is 7. The van der Waals surface area contributed by atoms with E-state index in [9.17, 15) is 24.3 Å². The Kier molecular flexibility index (Phi) is 5.79. The number of nitrogens with zero attached hydrogens (tertiary/aromatic N) is 2. The van der Waals surface area contributed by atoms with E-state index in [1.54, 1.807) is 13.8 Å². The van der Waals surface area contributed by atoms with Gasteiger partial charge in [-0.15, -0.1) is 0 Å². The Balaban J connectivity index is 2.11. The molecule has 0 aromatic heterocycles. The first-order valence-corrected chi connectivity index (χ1v) is 7.90. The van der Waals surface area contributed by atoms with Gasteiger partial charge in [-0.25, -0.2) is 0 Å². The lowest BCUT2D eigenvalue weighted by Gasteiger charge is -2.14. The predicted molar refractivity (Wildman–Crippen MR) is 83.9 cm³/mol. The summed E-state index contributed by atoms with van der Waals surface area (Å²) in [5.74, 6) is -2.36. The quantitative estimate of drug-likeness (QED) is 0.524. The molecule has 2 heterocycles. The van der Waals surface area contributed by atoms with E-state index in [2.05, 4.69) is 0 Å². The van der Waals surface area contributed by atoms with Crippen LogP contribution in [0, 0.1) is 0 Å². The van der Waals surface area contributed by atoms with Crippen LogP contribution in [0.5, 0.6) is 0 Å². The number of esters is 2. The topological polar surface area (TPSA) is 113 Å². The molecular formula is C16H20N2O7. The Morgan fingerprint density at radius 3 is 2.32 bits per heavy atom. The minimum Gasteiger partial charge on any atom is -0.506 e. The molecule has 0 saturated carbocycles. The second-order valence-corrected chi connectivity index (χ2v) is 5.46. The van der Waals surface area contributed by atoms with E-state index < -0.39 is 17.8 Å². The minimum atomic E-state index is -0.599. The van der Waals surface area contributed by atoms with Gasteiger partial charge in [0.2, 0.25) is 5.91 Å². The monoisotopic (exact) mass is 352 g/mol. The third-order valence-corrected chi connectivity index (χ3v) is 3.69. The van der Waals surface area contributed by atoms with Gasteiger partial charge in [0.25, 0.3) is 5.91 Å². The van der Waals surface area contributed by atoms with Crippen LogP contribution in [0.25, 0.3) is 0 Å². The van der Waals surface area contributed by atoms with E-state index in [1.165, 1.54) is 4.90 Å². The Hall–Kier alpha value is -2.84. The Morgan fingerprint density at radius 2 is 1.72 bits per heavy atom. The summed E-state index contributed by atoms with van der Waals surface area (Å²) in [4.78, 5) is 49.8. The normalized spacial score (nSPS) is 20.2. The lowest BCUT2D eigenvalue weighted by Crippen LogP contribution is -2.32. The molecule has 0 unspecified atom stereocenters. The lowest BCUT2D eigenvalue weighted by atomic mass is 10.1. The summed E-state index contributed by atoms with van der Waals surface area (Å²) in [6.07, 6.45) is 1.06. The highest BCUT2D eigenvalue weighted by Gasteiger charge is 2.37. The van der Waals surface area contributed by atoms with E-state index >= 15 is 0 Å². The SMILES string of the molecule is CCOC(=O)CN1C=C(O)C(=C2CC(=O)N(CC(=O)OCC)C2)C1=O. The van der Waals surface area contributed by atoms with Gasteiger partial charge in [0.15, 0.2) is 0 Å². The smallest absolute Gasteiger partial charge is 0.326 e. The second-order valence-electron chi connectivity index (χ2n) is 5.46. The number of hydrogen-bond donors (Lipinski definition) is 1. The molecule has 1 saturated heterocycles. The summed E-state index contributed by atoms with van der Waals surface area (Å²) in [5.41, 5.74) is 0.392. The van der Waals surface area contributed by atoms with Gasteiger partial charge >= 0.3 is 11.9 Å². The zero-order chi connectivity index (χ0) is 18.6. The highest BCUT2D eigenvalue weighted by Crippen LogP contribution is 2.29. The van der Waals surface area contributed by atoms with Crippen molar-refractivity contribution in [2.45, 2.75) is 20.3 Å². The summed E-state index contributed by atoms with van der Waals surface area (Å²) >= 11 is 0. The molecule has 1 N–H and O–H groups in total. The Morgan fingerprint density at radius 1 is 1.12 bits per heavy atom. The summed E-state index contributed by atoms with van der Waals surface area (Å²) in [6, 6.07) is 0. The first-order chi connectivity index (χ1) is 11.9. The van der Waals surface area contributed by atoms with Gasteiger partial charge in [-0.3, -0.25) is 24.1 Å². The van der Waals surface area contributed by atoms with Crippen molar-refractivity contribution < 1.29 is 33.8 Å². The molecule has 0 atom stereocenters. The zero-order valence-electron chi connectivity index (χ0n) is 14.1. The zero-order valence-corrected chi connectivity index (χ0v) is 14.1. The highest BCUT2D eigenvalue weighted by atomic mass is 16.5. The van der Waals surface area contributed by atoms with Gasteiger partial charge in [0.1, 0.15) is 18.8 Å². The van der Waals surface area contributed by atoms with Crippen LogP contribution in [0.2, 0.25) is 0 Å². The maximum absolute atomic E-state index is 12.4. The van der Waals surface area contributed by atoms with Crippen LogP contribution in [-0.4, -0.2) is 71.5 Å². The molecule has 2 amide bonds. The average molecular weight is 352 g/mol. The van der Waals surface area contributed by atoms with Crippen molar-refractivity contribution in [1.82, 2.24) is 9.80 Å². The Bertz CT molecular complexity index is 665. The van der Waals surface area contributed by atoms with Gasteiger partial charge < -0.3 is 19.5 Å². The van der Waals surface area contributed by atoms with Gasteiger partial charge in [0.05, 0.1) is 31.4 Å². The molecule has 0 spiro atoms. The molecule has 0 aromatic carbocycles. The van der Waals surface area contributed by atoms with E-state index in [4.69, 9.17) is 9.47 Å². The number of rotatable bonds is 6. The van der Waals surface area contributed by atoms with Crippen molar-refractivity contribution in [2.24, 2.45) is 0 Å². The van der Waals surface area contributed by atoms with Gasteiger partial charge in [0, 0.05) is 6.54 Å². The summed E-state index contributed by atoms with van der Waals surface area (Å²) in [7, 11) is 0. The number of likely N-dealkylation sites (tertiary alicyclic amines) is 1. The standard InChI is InChI=1S/C16H20N2O7/c1-3-24-13(21)8-17-6-10(5-12(17)20)15-11(19)7-18(16(15)23)9-14(22)25-4-2/h7,19H,3-6,8-9H2,1-2H3. The highest BCUT2D eigenvalue weighted by molar-refractivity contribution is 6.04. The minimum absolute atomic E-state index is 0.0102. The fourth-order valence-electron chi connectivity index (χ4n) is 2.66. The third-order valence-electron chi connectivity index (χ3n) is 3.69. The van der Waals surface area contributed by atoms with Gasteiger partial charge in [-0.05, 0) is 19.4 Å². The number of amides is 2. The van der Waals surface area contributed by atoms with Crippen molar-refractivity contribution in [1.29, 1.82) is 0 Å². The fraction of sp³-hybridized carbons (Fsp3) is 0.500. The van der Waals surface area contributed by atoms with Crippen molar-refractivity contribution in [3.05, 3.63) is 23.1 Å². The lowest BCUT2D eigenvalue weighted by molar-refractivity contribution is -0.147. The Labute approximate surface area is 144 Å². The first-order valence-electron chi connectivity index (χ1n) is 7.90. The fourth-order valence-corrected chi connectivity index (χ4v) is 2.66. The number of ether oxygens (including phenoxy) is 2.